The van der Waals surface area contributed by atoms with Crippen LogP contribution in [-0.2, 0) is 4.74 Å². The lowest BCUT2D eigenvalue weighted by molar-refractivity contribution is 0.0325. The fourth-order valence-electron chi connectivity index (χ4n) is 3.22. The SMILES string of the molecule is COCCN1CCN(C[C@@H](O)c2cc(OC)ccc2OC)C[C@H]1C. The molecule has 6 nitrogen and oxygen atoms in total. The van der Waals surface area contributed by atoms with E-state index in [-0.39, 0.29) is 0 Å². The Balaban J connectivity index is 1.96. The zero-order chi connectivity index (χ0) is 17.5. The highest BCUT2D eigenvalue weighted by Gasteiger charge is 2.26. The van der Waals surface area contributed by atoms with Crippen LogP contribution in [0.1, 0.15) is 18.6 Å². The van der Waals surface area contributed by atoms with Gasteiger partial charge < -0.3 is 19.3 Å². The molecule has 0 aromatic heterocycles. The van der Waals surface area contributed by atoms with Crippen LogP contribution in [0.25, 0.3) is 0 Å². The topological polar surface area (TPSA) is 54.4 Å². The first-order valence-electron chi connectivity index (χ1n) is 8.44. The molecule has 0 saturated carbocycles. The van der Waals surface area contributed by atoms with Gasteiger partial charge in [0, 0.05) is 51.4 Å². The lowest BCUT2D eigenvalue weighted by Crippen LogP contribution is -2.53. The van der Waals surface area contributed by atoms with E-state index in [9.17, 15) is 5.11 Å². The average molecular weight is 338 g/mol. The Hall–Kier alpha value is -1.34. The highest BCUT2D eigenvalue weighted by Crippen LogP contribution is 2.30. The second-order valence-electron chi connectivity index (χ2n) is 6.26. The van der Waals surface area contributed by atoms with E-state index in [0.717, 1.165) is 44.1 Å². The van der Waals surface area contributed by atoms with Crippen molar-refractivity contribution in [3.8, 4) is 11.5 Å². The average Bonchev–Trinajstić information content (AvgIpc) is 2.60. The summed E-state index contributed by atoms with van der Waals surface area (Å²) in [5.74, 6) is 1.41. The molecule has 1 fully saturated rings. The van der Waals surface area contributed by atoms with Gasteiger partial charge in [0.25, 0.3) is 0 Å². The maximum absolute atomic E-state index is 10.7. The van der Waals surface area contributed by atoms with Crippen molar-refractivity contribution in [2.24, 2.45) is 0 Å². The van der Waals surface area contributed by atoms with Gasteiger partial charge in [0.2, 0.25) is 0 Å². The number of nitrogens with zero attached hydrogens (tertiary/aromatic N) is 2. The van der Waals surface area contributed by atoms with Crippen molar-refractivity contribution in [1.29, 1.82) is 0 Å². The van der Waals surface area contributed by atoms with E-state index in [2.05, 4.69) is 16.7 Å². The summed E-state index contributed by atoms with van der Waals surface area (Å²) in [6, 6.07) is 5.98. The van der Waals surface area contributed by atoms with Gasteiger partial charge in [0.1, 0.15) is 11.5 Å². The number of ether oxygens (including phenoxy) is 3. The Morgan fingerprint density at radius 3 is 2.62 bits per heavy atom. The second kappa shape index (κ2) is 9.22. The van der Waals surface area contributed by atoms with E-state index in [1.807, 2.05) is 18.2 Å². The van der Waals surface area contributed by atoms with Crippen LogP contribution in [0.15, 0.2) is 18.2 Å². The Morgan fingerprint density at radius 2 is 2.00 bits per heavy atom. The van der Waals surface area contributed by atoms with Gasteiger partial charge in [-0.25, -0.2) is 0 Å². The number of piperazine rings is 1. The fraction of sp³-hybridized carbons (Fsp3) is 0.667. The molecule has 0 aliphatic carbocycles. The van der Waals surface area contributed by atoms with Gasteiger partial charge in [-0.15, -0.1) is 0 Å². The quantitative estimate of drug-likeness (QED) is 0.773. The van der Waals surface area contributed by atoms with Crippen LogP contribution < -0.4 is 9.47 Å². The summed E-state index contributed by atoms with van der Waals surface area (Å²) in [5.41, 5.74) is 0.770. The van der Waals surface area contributed by atoms with Crippen molar-refractivity contribution in [1.82, 2.24) is 9.80 Å². The van der Waals surface area contributed by atoms with Gasteiger partial charge >= 0.3 is 0 Å². The molecule has 6 heteroatoms. The number of hydrogen-bond donors (Lipinski definition) is 1. The predicted octanol–water partition coefficient (Wildman–Crippen LogP) is 1.39. The summed E-state index contributed by atoms with van der Waals surface area (Å²) in [6.07, 6.45) is -0.604. The van der Waals surface area contributed by atoms with Crippen LogP contribution in [0.4, 0.5) is 0 Å². The minimum absolute atomic E-state index is 0.452. The molecule has 0 radical (unpaired) electrons. The van der Waals surface area contributed by atoms with Crippen LogP contribution in [-0.4, -0.2) is 81.6 Å². The number of benzene rings is 1. The van der Waals surface area contributed by atoms with Crippen molar-refractivity contribution in [3.05, 3.63) is 23.8 Å². The van der Waals surface area contributed by atoms with Gasteiger partial charge in [-0.3, -0.25) is 9.80 Å². The minimum atomic E-state index is -0.604. The molecule has 1 aromatic carbocycles. The molecule has 2 rings (SSSR count). The van der Waals surface area contributed by atoms with E-state index in [4.69, 9.17) is 14.2 Å². The number of aliphatic hydroxyl groups excluding tert-OH is 1. The third-order valence-corrected chi connectivity index (χ3v) is 4.66. The number of rotatable bonds is 8. The summed E-state index contributed by atoms with van der Waals surface area (Å²) >= 11 is 0. The summed E-state index contributed by atoms with van der Waals surface area (Å²) in [6.45, 7) is 7.40. The van der Waals surface area contributed by atoms with E-state index in [1.165, 1.54) is 0 Å². The van der Waals surface area contributed by atoms with Crippen molar-refractivity contribution in [2.75, 3.05) is 60.7 Å². The summed E-state index contributed by atoms with van der Waals surface area (Å²) in [7, 11) is 4.98. The molecule has 136 valence electrons. The maximum Gasteiger partial charge on any atom is 0.124 e. The minimum Gasteiger partial charge on any atom is -0.497 e. The number of hydrogen-bond acceptors (Lipinski definition) is 6. The molecule has 1 heterocycles. The smallest absolute Gasteiger partial charge is 0.124 e. The van der Waals surface area contributed by atoms with Crippen LogP contribution >= 0.6 is 0 Å². The van der Waals surface area contributed by atoms with Gasteiger partial charge in [0.05, 0.1) is 26.9 Å². The summed E-state index contributed by atoms with van der Waals surface area (Å²) < 4.78 is 15.8. The van der Waals surface area contributed by atoms with Crippen molar-refractivity contribution >= 4 is 0 Å². The Morgan fingerprint density at radius 1 is 1.21 bits per heavy atom. The summed E-state index contributed by atoms with van der Waals surface area (Å²) in [4.78, 5) is 4.73. The lowest BCUT2D eigenvalue weighted by Gasteiger charge is -2.40. The largest absolute Gasteiger partial charge is 0.497 e. The van der Waals surface area contributed by atoms with Crippen LogP contribution in [0.3, 0.4) is 0 Å². The highest BCUT2D eigenvalue weighted by molar-refractivity contribution is 5.41. The van der Waals surface area contributed by atoms with Crippen molar-refractivity contribution in [2.45, 2.75) is 19.1 Å². The molecule has 2 atom stereocenters. The van der Waals surface area contributed by atoms with Crippen LogP contribution in [0, 0.1) is 0 Å². The molecule has 0 bridgehead atoms. The zero-order valence-electron chi connectivity index (χ0n) is 15.2. The third kappa shape index (κ3) is 4.83. The molecule has 0 spiro atoms. The molecule has 24 heavy (non-hydrogen) atoms. The molecule has 1 saturated heterocycles. The Bertz CT molecular complexity index is 512. The lowest BCUT2D eigenvalue weighted by atomic mass is 10.1. The first-order valence-corrected chi connectivity index (χ1v) is 8.44. The van der Waals surface area contributed by atoms with E-state index in [1.54, 1.807) is 21.3 Å². The van der Waals surface area contributed by atoms with Gasteiger partial charge in [-0.2, -0.15) is 0 Å². The van der Waals surface area contributed by atoms with Gasteiger partial charge in [0.15, 0.2) is 0 Å². The Labute approximate surface area is 144 Å². The fourth-order valence-corrected chi connectivity index (χ4v) is 3.22. The van der Waals surface area contributed by atoms with Crippen molar-refractivity contribution < 1.29 is 19.3 Å². The number of methoxy groups -OCH3 is 3. The maximum atomic E-state index is 10.7. The Kier molecular flexibility index (Phi) is 7.30. The first-order chi connectivity index (χ1) is 11.6. The molecule has 1 aliphatic rings. The molecular formula is C18H30N2O4. The molecule has 0 unspecified atom stereocenters. The zero-order valence-corrected chi connectivity index (χ0v) is 15.2. The van der Waals surface area contributed by atoms with E-state index < -0.39 is 6.10 Å². The third-order valence-electron chi connectivity index (χ3n) is 4.66. The molecule has 1 aliphatic heterocycles. The molecule has 1 aromatic rings. The number of β-amino-alcohol motifs (C(OH)–C–C–N with tert-alkyl or cyclic N) is 1. The van der Waals surface area contributed by atoms with Gasteiger partial charge in [-0.1, -0.05) is 0 Å². The number of aliphatic hydroxyl groups is 1. The predicted molar refractivity (Wildman–Crippen MR) is 93.9 cm³/mol. The standard InChI is InChI=1S/C18H30N2O4/c1-14-12-19(7-8-20(14)9-10-22-2)13-17(21)16-11-15(23-3)5-6-18(16)24-4/h5-6,11,14,17,21H,7-10,12-13H2,1-4H3/t14-,17-/m1/s1. The van der Waals surface area contributed by atoms with E-state index >= 15 is 0 Å². The van der Waals surface area contributed by atoms with E-state index in [0.29, 0.717) is 18.3 Å². The van der Waals surface area contributed by atoms with Crippen LogP contribution in [0.5, 0.6) is 11.5 Å². The monoisotopic (exact) mass is 338 g/mol. The first kappa shape index (κ1) is 19.0. The summed E-state index contributed by atoms with van der Waals surface area (Å²) in [5, 5.41) is 10.7. The second-order valence-corrected chi connectivity index (χ2v) is 6.26. The molecule has 1 N–H and O–H groups in total. The van der Waals surface area contributed by atoms with Crippen LogP contribution in [0.2, 0.25) is 0 Å². The molecule has 0 amide bonds. The highest BCUT2D eigenvalue weighted by atomic mass is 16.5. The van der Waals surface area contributed by atoms with Gasteiger partial charge in [-0.05, 0) is 25.1 Å². The molecular weight excluding hydrogens is 308 g/mol. The van der Waals surface area contributed by atoms with Crippen molar-refractivity contribution in [3.63, 3.8) is 0 Å². The normalized spacial score (nSPS) is 20.8.